The molecule has 0 aromatic carbocycles. The summed E-state index contributed by atoms with van der Waals surface area (Å²) in [6.07, 6.45) is 7.41. The molecule has 1 unspecified atom stereocenters. The van der Waals surface area contributed by atoms with Crippen molar-refractivity contribution in [1.82, 2.24) is 0 Å². The molecule has 0 amide bonds. The van der Waals surface area contributed by atoms with Crippen LogP contribution in [0.4, 0.5) is 0 Å². The molecule has 1 aliphatic heterocycles. The van der Waals surface area contributed by atoms with E-state index < -0.39 is 42.1 Å². The molecule has 1 rings (SSSR count). The number of hydrogen-bond acceptors (Lipinski definition) is 6. The van der Waals surface area contributed by atoms with Gasteiger partial charge < -0.3 is 18.8 Å². The fraction of sp³-hybridized carbons (Fsp3) is 0.818. The van der Waals surface area contributed by atoms with E-state index in [4.69, 9.17) is 18.8 Å². The standard InChI is InChI=1S/C22H39BO6/c1-9-11-13-15-17(23-28-21(3,4)22(5,6)29-23)16(14-12-10-2)18(19(24)26-7)20(25)27-8/h15-16,18H,9-14H2,1-8H3/b17-15-. The van der Waals surface area contributed by atoms with Crippen molar-refractivity contribution in [3.63, 3.8) is 0 Å². The molecule has 1 heterocycles. The number of esters is 2. The third-order valence-corrected chi connectivity index (χ3v) is 6.07. The molecule has 0 aromatic rings. The van der Waals surface area contributed by atoms with Crippen LogP contribution >= 0.6 is 0 Å². The molecule has 0 aliphatic carbocycles. The van der Waals surface area contributed by atoms with E-state index in [9.17, 15) is 9.59 Å². The third-order valence-electron chi connectivity index (χ3n) is 6.07. The van der Waals surface area contributed by atoms with Gasteiger partial charge in [-0.3, -0.25) is 9.59 Å². The number of allylic oxidation sites excluding steroid dienone is 2. The lowest BCUT2D eigenvalue weighted by Crippen LogP contribution is -2.41. The quantitative estimate of drug-likeness (QED) is 0.216. The number of ether oxygens (including phenoxy) is 2. The van der Waals surface area contributed by atoms with Crippen molar-refractivity contribution in [2.24, 2.45) is 11.8 Å². The van der Waals surface area contributed by atoms with Crippen molar-refractivity contribution in [2.45, 2.75) is 91.3 Å². The molecule has 1 saturated heterocycles. The van der Waals surface area contributed by atoms with E-state index in [0.717, 1.165) is 37.6 Å². The Bertz CT molecular complexity index is 552. The zero-order chi connectivity index (χ0) is 22.2. The Morgan fingerprint density at radius 2 is 1.41 bits per heavy atom. The van der Waals surface area contributed by atoms with Crippen molar-refractivity contribution in [1.29, 1.82) is 0 Å². The summed E-state index contributed by atoms with van der Waals surface area (Å²) in [6.45, 7) is 12.2. The minimum absolute atomic E-state index is 0.401. The Morgan fingerprint density at radius 1 is 0.931 bits per heavy atom. The summed E-state index contributed by atoms with van der Waals surface area (Å²) in [5.41, 5.74) is -0.183. The highest BCUT2D eigenvalue weighted by Gasteiger charge is 2.54. The number of carbonyl (C=O) groups excluding carboxylic acids is 2. The minimum atomic E-state index is -1.04. The van der Waals surface area contributed by atoms with E-state index >= 15 is 0 Å². The Kier molecular flexibility index (Phi) is 9.89. The van der Waals surface area contributed by atoms with Gasteiger partial charge >= 0.3 is 19.1 Å². The summed E-state index contributed by atoms with van der Waals surface area (Å²) in [6, 6.07) is 0. The third kappa shape index (κ3) is 6.32. The molecule has 0 bridgehead atoms. The summed E-state index contributed by atoms with van der Waals surface area (Å²) >= 11 is 0. The molecule has 0 aromatic heterocycles. The Labute approximate surface area is 176 Å². The molecule has 166 valence electrons. The lowest BCUT2D eigenvalue weighted by molar-refractivity contribution is -0.160. The lowest BCUT2D eigenvalue weighted by atomic mass is 9.64. The lowest BCUT2D eigenvalue weighted by Gasteiger charge is -2.32. The highest BCUT2D eigenvalue weighted by atomic mass is 16.7. The molecule has 0 saturated carbocycles. The normalized spacial score (nSPS) is 19.3. The second-order valence-corrected chi connectivity index (χ2v) is 8.71. The number of rotatable bonds is 11. The summed E-state index contributed by atoms with van der Waals surface area (Å²) in [7, 11) is 1.98. The van der Waals surface area contributed by atoms with E-state index in [-0.39, 0.29) is 0 Å². The van der Waals surface area contributed by atoms with Crippen molar-refractivity contribution in [3.8, 4) is 0 Å². The van der Waals surface area contributed by atoms with Gasteiger partial charge in [0.05, 0.1) is 25.4 Å². The van der Waals surface area contributed by atoms with Crippen LogP contribution in [0.1, 0.15) is 80.1 Å². The van der Waals surface area contributed by atoms with Crippen molar-refractivity contribution in [3.05, 3.63) is 11.5 Å². The van der Waals surface area contributed by atoms with Crippen LogP contribution in [0.5, 0.6) is 0 Å². The molecule has 6 nitrogen and oxygen atoms in total. The zero-order valence-electron chi connectivity index (χ0n) is 19.5. The monoisotopic (exact) mass is 410 g/mol. The number of unbranched alkanes of at least 4 members (excludes halogenated alkanes) is 3. The number of carbonyl (C=O) groups is 2. The first-order valence-corrected chi connectivity index (χ1v) is 10.8. The fourth-order valence-corrected chi connectivity index (χ4v) is 3.50. The van der Waals surface area contributed by atoms with E-state index in [2.05, 4.69) is 19.9 Å². The van der Waals surface area contributed by atoms with Gasteiger partial charge in [0.2, 0.25) is 0 Å². The summed E-state index contributed by atoms with van der Waals surface area (Å²) in [4.78, 5) is 25.2. The second-order valence-electron chi connectivity index (χ2n) is 8.71. The Hall–Kier alpha value is -1.34. The van der Waals surface area contributed by atoms with Crippen LogP contribution in [-0.2, 0) is 28.4 Å². The largest absolute Gasteiger partial charge is 0.490 e. The van der Waals surface area contributed by atoms with Gasteiger partial charge in [-0.1, -0.05) is 45.6 Å². The van der Waals surface area contributed by atoms with Gasteiger partial charge in [0.25, 0.3) is 0 Å². The van der Waals surface area contributed by atoms with E-state index in [1.54, 1.807) is 0 Å². The van der Waals surface area contributed by atoms with Crippen molar-refractivity contribution < 1.29 is 28.4 Å². The first-order chi connectivity index (χ1) is 13.6. The molecule has 0 spiro atoms. The van der Waals surface area contributed by atoms with Gasteiger partial charge in [-0.15, -0.1) is 0 Å². The summed E-state index contributed by atoms with van der Waals surface area (Å²) in [5.74, 6) is -2.61. The van der Waals surface area contributed by atoms with Crippen LogP contribution in [0.2, 0.25) is 0 Å². The van der Waals surface area contributed by atoms with Gasteiger partial charge in [-0.2, -0.15) is 0 Å². The van der Waals surface area contributed by atoms with Crippen molar-refractivity contribution >= 4 is 19.1 Å². The van der Waals surface area contributed by atoms with E-state index in [1.165, 1.54) is 14.2 Å². The number of methoxy groups -OCH3 is 2. The van der Waals surface area contributed by atoms with Crippen LogP contribution in [0.3, 0.4) is 0 Å². The molecule has 0 N–H and O–H groups in total. The van der Waals surface area contributed by atoms with Gasteiger partial charge in [0.15, 0.2) is 5.92 Å². The Morgan fingerprint density at radius 3 is 1.83 bits per heavy atom. The average molecular weight is 410 g/mol. The second kappa shape index (κ2) is 11.2. The minimum Gasteiger partial charge on any atom is -0.468 e. The van der Waals surface area contributed by atoms with Gasteiger partial charge in [0, 0.05) is 5.92 Å². The van der Waals surface area contributed by atoms with Crippen LogP contribution in [-0.4, -0.2) is 44.5 Å². The zero-order valence-corrected chi connectivity index (χ0v) is 19.5. The molecule has 29 heavy (non-hydrogen) atoms. The first-order valence-electron chi connectivity index (χ1n) is 10.8. The molecule has 1 fully saturated rings. The molecule has 0 radical (unpaired) electrons. The molecular formula is C22H39BO6. The van der Waals surface area contributed by atoms with Gasteiger partial charge in [-0.05, 0) is 46.0 Å². The maximum absolute atomic E-state index is 12.6. The highest BCUT2D eigenvalue weighted by molar-refractivity contribution is 6.55. The maximum atomic E-state index is 12.6. The maximum Gasteiger partial charge on any atom is 0.490 e. The molecule has 1 atom stereocenters. The van der Waals surface area contributed by atoms with Crippen LogP contribution in [0.15, 0.2) is 11.5 Å². The highest BCUT2D eigenvalue weighted by Crippen LogP contribution is 2.42. The van der Waals surface area contributed by atoms with Crippen LogP contribution in [0.25, 0.3) is 0 Å². The van der Waals surface area contributed by atoms with E-state index in [0.29, 0.717) is 6.42 Å². The van der Waals surface area contributed by atoms with Gasteiger partial charge in [-0.25, -0.2) is 0 Å². The van der Waals surface area contributed by atoms with Crippen LogP contribution < -0.4 is 0 Å². The summed E-state index contributed by atoms with van der Waals surface area (Å²) < 4.78 is 22.5. The smallest absolute Gasteiger partial charge is 0.468 e. The molecule has 1 aliphatic rings. The Balaban J connectivity index is 3.42. The SMILES string of the molecule is CCCC/C=C(\B1OC(C)(C)C(C)(C)O1)C(CCCC)C(C(=O)OC)C(=O)OC. The van der Waals surface area contributed by atoms with Gasteiger partial charge in [0.1, 0.15) is 0 Å². The predicted octanol–water partition coefficient (Wildman–Crippen LogP) is 4.50. The number of hydrogen-bond donors (Lipinski definition) is 0. The first kappa shape index (κ1) is 25.7. The molecule has 7 heteroatoms. The van der Waals surface area contributed by atoms with Crippen LogP contribution in [0, 0.1) is 11.8 Å². The predicted molar refractivity (Wildman–Crippen MR) is 114 cm³/mol. The summed E-state index contributed by atoms with van der Waals surface area (Å²) in [5, 5.41) is 0. The average Bonchev–Trinajstić information content (AvgIpc) is 2.88. The van der Waals surface area contributed by atoms with Crippen molar-refractivity contribution in [2.75, 3.05) is 14.2 Å². The molecular weight excluding hydrogens is 371 g/mol. The topological polar surface area (TPSA) is 71.1 Å². The fourth-order valence-electron chi connectivity index (χ4n) is 3.50. The van der Waals surface area contributed by atoms with E-state index in [1.807, 2.05) is 27.7 Å².